The van der Waals surface area contributed by atoms with Gasteiger partial charge in [-0.05, 0) is 11.6 Å². The molecule has 0 fully saturated rings. The third kappa shape index (κ3) is 2.20. The molecule has 0 unspecified atom stereocenters. The van der Waals surface area contributed by atoms with Crippen molar-refractivity contribution in [2.45, 2.75) is 0 Å². The molecule has 0 saturated carbocycles. The van der Waals surface area contributed by atoms with Gasteiger partial charge in [-0.25, -0.2) is 4.79 Å². The van der Waals surface area contributed by atoms with Crippen molar-refractivity contribution in [1.82, 2.24) is 0 Å². The number of carboxylic acids is 1. The second-order valence-corrected chi connectivity index (χ2v) is 4.27. The maximum Gasteiger partial charge on any atom is 0.337 e. The van der Waals surface area contributed by atoms with Crippen LogP contribution in [0.15, 0.2) is 48.5 Å². The van der Waals surface area contributed by atoms with Gasteiger partial charge < -0.3 is 10.0 Å². The highest BCUT2D eigenvalue weighted by Gasteiger charge is 2.16. The third-order valence-electron chi connectivity index (χ3n) is 2.80. The van der Waals surface area contributed by atoms with Gasteiger partial charge in [0.05, 0.1) is 11.3 Å². The Bertz CT molecular complexity index is 562. The zero-order valence-corrected chi connectivity index (χ0v) is 10.4. The second-order valence-electron chi connectivity index (χ2n) is 4.27. The summed E-state index contributed by atoms with van der Waals surface area (Å²) in [6.45, 7) is 0. The molecule has 2 aromatic carbocycles. The van der Waals surface area contributed by atoms with Crippen LogP contribution in [0.5, 0.6) is 0 Å². The van der Waals surface area contributed by atoms with Crippen LogP contribution in [0.1, 0.15) is 10.4 Å². The third-order valence-corrected chi connectivity index (χ3v) is 2.80. The average molecular weight is 241 g/mol. The molecule has 0 spiro atoms. The number of carbonyl (C=O) groups is 1. The number of aromatic carboxylic acids is 1. The van der Waals surface area contributed by atoms with Crippen LogP contribution < -0.4 is 4.90 Å². The summed E-state index contributed by atoms with van der Waals surface area (Å²) < 4.78 is 0. The van der Waals surface area contributed by atoms with E-state index in [-0.39, 0.29) is 0 Å². The van der Waals surface area contributed by atoms with E-state index in [2.05, 4.69) is 0 Å². The van der Waals surface area contributed by atoms with Gasteiger partial charge in [0.25, 0.3) is 0 Å². The standard InChI is InChI=1S/C15H15NO2/c1-16(2)14-12(11-7-4-3-5-8-11)9-6-10-13(14)15(17)18/h3-10H,1-2H3,(H,17,18). The first kappa shape index (κ1) is 12.2. The Hall–Kier alpha value is -2.29. The predicted molar refractivity (Wildman–Crippen MR) is 73.2 cm³/mol. The summed E-state index contributed by atoms with van der Waals surface area (Å²) in [5.41, 5.74) is 3.00. The van der Waals surface area contributed by atoms with Crippen molar-refractivity contribution in [2.24, 2.45) is 0 Å². The fraction of sp³-hybridized carbons (Fsp3) is 0.133. The van der Waals surface area contributed by atoms with Gasteiger partial charge in [0.1, 0.15) is 0 Å². The Balaban J connectivity index is 2.68. The molecule has 18 heavy (non-hydrogen) atoms. The molecule has 0 atom stereocenters. The van der Waals surface area contributed by atoms with Crippen LogP contribution in [0.3, 0.4) is 0 Å². The molecule has 2 aromatic rings. The van der Waals surface area contributed by atoms with E-state index in [0.717, 1.165) is 16.8 Å². The molecule has 3 nitrogen and oxygen atoms in total. The summed E-state index contributed by atoms with van der Waals surface area (Å²) >= 11 is 0. The van der Waals surface area contributed by atoms with E-state index in [0.29, 0.717) is 5.56 Å². The average Bonchev–Trinajstić information content (AvgIpc) is 2.38. The monoisotopic (exact) mass is 241 g/mol. The van der Waals surface area contributed by atoms with Crippen molar-refractivity contribution in [1.29, 1.82) is 0 Å². The van der Waals surface area contributed by atoms with Crippen molar-refractivity contribution in [3.8, 4) is 11.1 Å². The number of para-hydroxylation sites is 1. The minimum Gasteiger partial charge on any atom is -0.478 e. The molecule has 0 aliphatic heterocycles. The maximum absolute atomic E-state index is 11.3. The van der Waals surface area contributed by atoms with Gasteiger partial charge in [-0.15, -0.1) is 0 Å². The van der Waals surface area contributed by atoms with Gasteiger partial charge in [0.15, 0.2) is 0 Å². The summed E-state index contributed by atoms with van der Waals surface area (Å²) in [6, 6.07) is 15.1. The molecule has 0 amide bonds. The fourth-order valence-corrected chi connectivity index (χ4v) is 2.05. The molecule has 2 rings (SSSR count). The predicted octanol–water partition coefficient (Wildman–Crippen LogP) is 3.12. The van der Waals surface area contributed by atoms with Crippen LogP contribution in [0.25, 0.3) is 11.1 Å². The Morgan fingerprint density at radius 3 is 2.22 bits per heavy atom. The zero-order valence-electron chi connectivity index (χ0n) is 10.4. The molecule has 0 heterocycles. The topological polar surface area (TPSA) is 40.5 Å². The van der Waals surface area contributed by atoms with Crippen LogP contribution in [0, 0.1) is 0 Å². The molecule has 0 aromatic heterocycles. The summed E-state index contributed by atoms with van der Waals surface area (Å²) in [6.07, 6.45) is 0. The number of nitrogens with zero attached hydrogens (tertiary/aromatic N) is 1. The Kier molecular flexibility index (Phi) is 3.33. The maximum atomic E-state index is 11.3. The number of rotatable bonds is 3. The molecule has 0 radical (unpaired) electrons. The van der Waals surface area contributed by atoms with Crippen molar-refractivity contribution in [3.63, 3.8) is 0 Å². The van der Waals surface area contributed by atoms with E-state index >= 15 is 0 Å². The van der Waals surface area contributed by atoms with E-state index in [9.17, 15) is 9.90 Å². The molecule has 92 valence electrons. The SMILES string of the molecule is CN(C)c1c(C(=O)O)cccc1-c1ccccc1. The van der Waals surface area contributed by atoms with Crippen LogP contribution in [-0.2, 0) is 0 Å². The van der Waals surface area contributed by atoms with Gasteiger partial charge in [-0.1, -0.05) is 42.5 Å². The zero-order chi connectivity index (χ0) is 13.1. The second kappa shape index (κ2) is 4.92. The number of anilines is 1. The van der Waals surface area contributed by atoms with E-state index in [1.165, 1.54) is 0 Å². The molecular weight excluding hydrogens is 226 g/mol. The quantitative estimate of drug-likeness (QED) is 0.897. The van der Waals surface area contributed by atoms with Crippen molar-refractivity contribution in [2.75, 3.05) is 19.0 Å². The van der Waals surface area contributed by atoms with E-state index in [1.807, 2.05) is 55.4 Å². The molecule has 0 aliphatic rings. The lowest BCUT2D eigenvalue weighted by molar-refractivity contribution is 0.0697. The Morgan fingerprint density at radius 1 is 1.00 bits per heavy atom. The first-order valence-corrected chi connectivity index (χ1v) is 5.70. The normalized spacial score (nSPS) is 10.1. The lowest BCUT2D eigenvalue weighted by atomic mass is 9.99. The summed E-state index contributed by atoms with van der Waals surface area (Å²) in [5.74, 6) is -0.906. The molecule has 0 saturated heterocycles. The first-order valence-electron chi connectivity index (χ1n) is 5.70. The number of hydrogen-bond acceptors (Lipinski definition) is 2. The number of hydrogen-bond donors (Lipinski definition) is 1. The Morgan fingerprint density at radius 2 is 1.67 bits per heavy atom. The minimum absolute atomic E-state index is 0.321. The highest BCUT2D eigenvalue weighted by Crippen LogP contribution is 2.32. The van der Waals surface area contributed by atoms with Crippen molar-refractivity contribution < 1.29 is 9.90 Å². The van der Waals surface area contributed by atoms with Crippen LogP contribution in [0.4, 0.5) is 5.69 Å². The molecule has 1 N–H and O–H groups in total. The van der Waals surface area contributed by atoms with E-state index < -0.39 is 5.97 Å². The highest BCUT2D eigenvalue weighted by molar-refractivity contribution is 5.99. The lowest BCUT2D eigenvalue weighted by Crippen LogP contribution is -2.15. The van der Waals surface area contributed by atoms with E-state index in [1.54, 1.807) is 12.1 Å². The minimum atomic E-state index is -0.906. The first-order chi connectivity index (χ1) is 8.61. The molecule has 3 heteroatoms. The number of benzene rings is 2. The van der Waals surface area contributed by atoms with Gasteiger partial charge in [-0.2, -0.15) is 0 Å². The summed E-state index contributed by atoms with van der Waals surface area (Å²) in [7, 11) is 3.71. The van der Waals surface area contributed by atoms with Crippen molar-refractivity contribution in [3.05, 3.63) is 54.1 Å². The van der Waals surface area contributed by atoms with Crippen LogP contribution in [-0.4, -0.2) is 25.2 Å². The van der Waals surface area contributed by atoms with Crippen LogP contribution >= 0.6 is 0 Å². The lowest BCUT2D eigenvalue weighted by Gasteiger charge is -2.20. The van der Waals surface area contributed by atoms with E-state index in [4.69, 9.17) is 0 Å². The molecular formula is C15H15NO2. The smallest absolute Gasteiger partial charge is 0.337 e. The largest absolute Gasteiger partial charge is 0.478 e. The van der Waals surface area contributed by atoms with Gasteiger partial charge >= 0.3 is 5.97 Å². The molecule has 0 bridgehead atoms. The van der Waals surface area contributed by atoms with Crippen LogP contribution in [0.2, 0.25) is 0 Å². The molecule has 0 aliphatic carbocycles. The van der Waals surface area contributed by atoms with Gasteiger partial charge in [0, 0.05) is 19.7 Å². The summed E-state index contributed by atoms with van der Waals surface area (Å²) in [5, 5.41) is 9.26. The highest BCUT2D eigenvalue weighted by atomic mass is 16.4. The fourth-order valence-electron chi connectivity index (χ4n) is 2.05. The number of carboxylic acid groups (broad SMARTS) is 1. The van der Waals surface area contributed by atoms with Gasteiger partial charge in [0.2, 0.25) is 0 Å². The van der Waals surface area contributed by atoms with Gasteiger partial charge in [-0.3, -0.25) is 0 Å². The Labute approximate surface area is 106 Å². The summed E-state index contributed by atoms with van der Waals surface area (Å²) in [4.78, 5) is 13.1. The van der Waals surface area contributed by atoms with Crippen molar-refractivity contribution >= 4 is 11.7 Å².